The smallest absolute Gasteiger partial charge is 0.374 e. The molecule has 4 aromatic rings. The number of sulfonamides is 1. The van der Waals surface area contributed by atoms with E-state index in [9.17, 15) is 27.9 Å². The molecule has 0 saturated carbocycles. The van der Waals surface area contributed by atoms with Crippen LogP contribution in [-0.4, -0.2) is 43.3 Å². The molecular weight excluding hydrogens is 504 g/mol. The van der Waals surface area contributed by atoms with Crippen LogP contribution in [0.5, 0.6) is 0 Å². The minimum atomic E-state index is -4.19. The lowest BCUT2D eigenvalue weighted by atomic mass is 10.0. The normalized spacial score (nSPS) is 12.9. The Labute approximate surface area is 220 Å². The molecule has 0 heterocycles. The number of amides is 1. The molecule has 1 amide bonds. The van der Waals surface area contributed by atoms with Crippen LogP contribution in [0, 0.1) is 0 Å². The van der Waals surface area contributed by atoms with Crippen LogP contribution in [0.4, 0.5) is 0 Å². The number of carboxylic acids is 1. The van der Waals surface area contributed by atoms with Crippen molar-refractivity contribution >= 4 is 38.5 Å². The first-order valence-electron chi connectivity index (χ1n) is 11.9. The lowest BCUT2D eigenvalue weighted by Crippen LogP contribution is -2.54. The van der Waals surface area contributed by atoms with Crippen molar-refractivity contribution in [1.82, 2.24) is 10.0 Å². The minimum Gasteiger partial charge on any atom is -0.475 e. The summed E-state index contributed by atoms with van der Waals surface area (Å²) >= 11 is 0. The number of aliphatic carboxylic acids is 1. The van der Waals surface area contributed by atoms with Crippen molar-refractivity contribution < 1.29 is 27.9 Å². The maximum Gasteiger partial charge on any atom is 0.374 e. The summed E-state index contributed by atoms with van der Waals surface area (Å²) in [5, 5.41) is 13.0. The molecule has 0 aliphatic heterocycles. The van der Waals surface area contributed by atoms with E-state index < -0.39 is 39.8 Å². The first-order chi connectivity index (χ1) is 18.2. The third kappa shape index (κ3) is 6.50. The molecule has 4 rings (SSSR count). The molecule has 0 fully saturated rings. The first-order valence-corrected chi connectivity index (χ1v) is 13.4. The number of Topliss-reactive ketones (excluding diaryl/α,β-unsaturated/α-hetero) is 1. The summed E-state index contributed by atoms with van der Waals surface area (Å²) in [5.41, 5.74) is 1.32. The van der Waals surface area contributed by atoms with Crippen LogP contribution >= 0.6 is 0 Å². The fourth-order valence-corrected chi connectivity index (χ4v) is 5.62. The van der Waals surface area contributed by atoms with Crippen LogP contribution < -0.4 is 10.0 Å². The molecule has 0 aromatic heterocycles. The number of benzene rings is 4. The van der Waals surface area contributed by atoms with Crippen molar-refractivity contribution in [3.8, 4) is 0 Å². The van der Waals surface area contributed by atoms with E-state index in [0.29, 0.717) is 16.5 Å². The summed E-state index contributed by atoms with van der Waals surface area (Å²) in [7, 11) is -4.19. The third-order valence-corrected chi connectivity index (χ3v) is 7.59. The van der Waals surface area contributed by atoms with E-state index in [1.54, 1.807) is 97.1 Å². The highest BCUT2D eigenvalue weighted by Gasteiger charge is 2.32. The van der Waals surface area contributed by atoms with Gasteiger partial charge in [0.25, 0.3) is 5.78 Å². The van der Waals surface area contributed by atoms with Gasteiger partial charge in [0.05, 0.1) is 4.90 Å². The third-order valence-electron chi connectivity index (χ3n) is 6.06. The number of carbonyl (C=O) groups excluding carboxylic acids is 2. The van der Waals surface area contributed by atoms with Crippen molar-refractivity contribution in [3.63, 3.8) is 0 Å². The van der Waals surface area contributed by atoms with E-state index in [4.69, 9.17) is 0 Å². The molecular formula is C29H26N2O6S. The lowest BCUT2D eigenvalue weighted by Gasteiger charge is -2.23. The van der Waals surface area contributed by atoms with Gasteiger partial charge in [-0.1, -0.05) is 97.1 Å². The molecule has 8 nitrogen and oxygen atoms in total. The summed E-state index contributed by atoms with van der Waals surface area (Å²) in [6, 6.07) is 26.6. The van der Waals surface area contributed by atoms with Crippen molar-refractivity contribution in [1.29, 1.82) is 0 Å². The quantitative estimate of drug-likeness (QED) is 0.256. The summed E-state index contributed by atoms with van der Waals surface area (Å²) in [6.45, 7) is 0. The number of hydrogen-bond acceptors (Lipinski definition) is 5. The first kappa shape index (κ1) is 26.7. The maximum atomic E-state index is 13.5. The van der Waals surface area contributed by atoms with Gasteiger partial charge in [-0.3, -0.25) is 9.59 Å². The highest BCUT2D eigenvalue weighted by molar-refractivity contribution is 7.89. The van der Waals surface area contributed by atoms with Crippen LogP contribution in [0.2, 0.25) is 0 Å². The SMILES string of the molecule is O=C(O)C(=O)[C@H](Cc1ccccc1)NC(=O)[C@H](Cc1ccccc1)NS(=O)(=O)c1cccc2ccccc12. The summed E-state index contributed by atoms with van der Waals surface area (Å²) in [6.07, 6.45) is -0.0815. The molecule has 0 unspecified atom stereocenters. The van der Waals surface area contributed by atoms with E-state index in [1.165, 1.54) is 6.07 Å². The fourth-order valence-electron chi connectivity index (χ4n) is 4.20. The van der Waals surface area contributed by atoms with Gasteiger partial charge in [0, 0.05) is 11.8 Å². The molecule has 0 saturated heterocycles. The van der Waals surface area contributed by atoms with Gasteiger partial charge in [0.1, 0.15) is 12.1 Å². The number of fused-ring (bicyclic) bond motifs is 1. The molecule has 2 atom stereocenters. The van der Waals surface area contributed by atoms with Crippen LogP contribution in [-0.2, 0) is 37.2 Å². The number of ketones is 1. The predicted octanol–water partition coefficient (Wildman–Crippen LogP) is 3.11. The Kier molecular flexibility index (Phi) is 8.30. The van der Waals surface area contributed by atoms with Crippen LogP contribution in [0.3, 0.4) is 0 Å². The van der Waals surface area contributed by atoms with Gasteiger partial charge in [-0.15, -0.1) is 0 Å². The van der Waals surface area contributed by atoms with E-state index in [2.05, 4.69) is 10.0 Å². The number of hydrogen-bond donors (Lipinski definition) is 3. The molecule has 0 bridgehead atoms. The average Bonchev–Trinajstić information content (AvgIpc) is 2.92. The van der Waals surface area contributed by atoms with Crippen LogP contribution in [0.1, 0.15) is 11.1 Å². The molecule has 38 heavy (non-hydrogen) atoms. The predicted molar refractivity (Wildman–Crippen MR) is 143 cm³/mol. The van der Waals surface area contributed by atoms with Gasteiger partial charge in [0.2, 0.25) is 15.9 Å². The molecule has 0 aliphatic rings. The zero-order valence-corrected chi connectivity index (χ0v) is 21.1. The highest BCUT2D eigenvalue weighted by Crippen LogP contribution is 2.23. The van der Waals surface area contributed by atoms with E-state index in [-0.39, 0.29) is 17.7 Å². The number of carbonyl (C=O) groups is 3. The Morgan fingerprint density at radius 2 is 1.21 bits per heavy atom. The Hall–Kier alpha value is -4.34. The Morgan fingerprint density at radius 1 is 0.684 bits per heavy atom. The van der Waals surface area contributed by atoms with Gasteiger partial charge in [-0.2, -0.15) is 4.72 Å². The van der Waals surface area contributed by atoms with Crippen molar-refractivity contribution in [2.24, 2.45) is 0 Å². The number of carboxylic acid groups (broad SMARTS) is 1. The lowest BCUT2D eigenvalue weighted by molar-refractivity contribution is -0.150. The molecule has 0 aliphatic carbocycles. The average molecular weight is 531 g/mol. The van der Waals surface area contributed by atoms with Crippen LogP contribution in [0.25, 0.3) is 10.8 Å². The molecule has 3 N–H and O–H groups in total. The van der Waals surface area contributed by atoms with Gasteiger partial charge >= 0.3 is 5.97 Å². The molecule has 0 radical (unpaired) electrons. The zero-order valence-electron chi connectivity index (χ0n) is 20.3. The van der Waals surface area contributed by atoms with Crippen molar-refractivity contribution in [3.05, 3.63) is 114 Å². The van der Waals surface area contributed by atoms with Crippen LogP contribution in [0.15, 0.2) is 108 Å². The summed E-state index contributed by atoms with van der Waals surface area (Å²) in [4.78, 5) is 37.4. The van der Waals surface area contributed by atoms with E-state index >= 15 is 0 Å². The molecule has 9 heteroatoms. The highest BCUT2D eigenvalue weighted by atomic mass is 32.2. The Balaban J connectivity index is 1.65. The Bertz CT molecular complexity index is 1550. The number of rotatable bonds is 11. The maximum absolute atomic E-state index is 13.5. The van der Waals surface area contributed by atoms with Gasteiger partial charge in [-0.25, -0.2) is 13.2 Å². The Morgan fingerprint density at radius 3 is 1.82 bits per heavy atom. The van der Waals surface area contributed by atoms with Crippen molar-refractivity contribution in [2.45, 2.75) is 29.8 Å². The van der Waals surface area contributed by atoms with Gasteiger partial charge in [-0.05, 0) is 29.0 Å². The molecule has 4 aromatic carbocycles. The second kappa shape index (κ2) is 11.8. The minimum absolute atomic E-state index is 0.00362. The topological polar surface area (TPSA) is 130 Å². The second-order valence-electron chi connectivity index (χ2n) is 8.76. The second-order valence-corrected chi connectivity index (χ2v) is 10.4. The summed E-state index contributed by atoms with van der Waals surface area (Å²) in [5.74, 6) is -3.70. The largest absolute Gasteiger partial charge is 0.475 e. The number of nitrogens with one attached hydrogen (secondary N) is 2. The molecule has 194 valence electrons. The van der Waals surface area contributed by atoms with E-state index in [0.717, 1.165) is 5.39 Å². The van der Waals surface area contributed by atoms with Gasteiger partial charge < -0.3 is 10.4 Å². The van der Waals surface area contributed by atoms with Gasteiger partial charge in [0.15, 0.2) is 0 Å². The molecule has 0 spiro atoms. The van der Waals surface area contributed by atoms with E-state index in [1.807, 2.05) is 0 Å². The summed E-state index contributed by atoms with van der Waals surface area (Å²) < 4.78 is 29.5. The monoisotopic (exact) mass is 530 g/mol. The van der Waals surface area contributed by atoms with Crippen molar-refractivity contribution in [2.75, 3.05) is 0 Å². The standard InChI is InChI=1S/C29H26N2O6S/c32-27(29(34)35)24(18-20-10-3-1-4-11-20)30-28(33)25(19-21-12-5-2-6-13-21)31-38(36,37)26-17-9-15-22-14-7-8-16-23(22)26/h1-17,24-25,31H,18-19H2,(H,30,33)(H,34,35)/t24-,25-/m0/s1. The fraction of sp³-hybridized carbons (Fsp3) is 0.138. The zero-order chi connectivity index (χ0) is 27.1.